The summed E-state index contributed by atoms with van der Waals surface area (Å²) in [4.78, 5) is 10.3. The zero-order valence-corrected chi connectivity index (χ0v) is 18.7. The van der Waals surface area contributed by atoms with E-state index in [0.29, 0.717) is 36.5 Å². The standard InChI is InChI=1S/C19H23ClFN5O.HI/c1-22-19(24-10-12-27-16-6-4-14(20)5-7-16)25-15-8-11-26(13-15)18-17(21)3-2-9-23-18;/h2-7,9,15H,8,10-13H2,1H3,(H2,22,24,25);1H. The Labute approximate surface area is 186 Å². The van der Waals surface area contributed by atoms with E-state index in [1.54, 1.807) is 31.4 Å². The molecule has 0 bridgehead atoms. The minimum atomic E-state index is -0.292. The van der Waals surface area contributed by atoms with Crippen LogP contribution in [0.2, 0.25) is 5.02 Å². The number of anilines is 1. The molecule has 9 heteroatoms. The van der Waals surface area contributed by atoms with Crippen LogP contribution in [0.25, 0.3) is 0 Å². The number of rotatable bonds is 6. The lowest BCUT2D eigenvalue weighted by molar-refractivity contribution is 0.321. The fourth-order valence-electron chi connectivity index (χ4n) is 2.94. The number of benzene rings is 1. The van der Waals surface area contributed by atoms with Gasteiger partial charge < -0.3 is 20.3 Å². The lowest BCUT2D eigenvalue weighted by atomic mass is 10.3. The minimum absolute atomic E-state index is 0. The SMILES string of the molecule is CN=C(NCCOc1ccc(Cl)cc1)NC1CCN(c2ncccc2F)C1.I. The van der Waals surface area contributed by atoms with Crippen LogP contribution in [-0.2, 0) is 0 Å². The predicted octanol–water partition coefficient (Wildman–Crippen LogP) is 3.31. The number of hydrogen-bond acceptors (Lipinski definition) is 4. The fraction of sp³-hybridized carbons (Fsp3) is 0.368. The summed E-state index contributed by atoms with van der Waals surface area (Å²) >= 11 is 5.85. The number of nitrogens with zero attached hydrogens (tertiary/aromatic N) is 3. The third-order valence-corrected chi connectivity index (χ3v) is 4.52. The van der Waals surface area contributed by atoms with Crippen LogP contribution in [0.4, 0.5) is 10.2 Å². The Morgan fingerprint density at radius 1 is 1.36 bits per heavy atom. The first-order chi connectivity index (χ1) is 13.2. The molecule has 0 radical (unpaired) electrons. The lowest BCUT2D eigenvalue weighted by Gasteiger charge is -2.20. The van der Waals surface area contributed by atoms with Gasteiger partial charge in [0.2, 0.25) is 0 Å². The summed E-state index contributed by atoms with van der Waals surface area (Å²) in [7, 11) is 1.72. The average Bonchev–Trinajstić information content (AvgIpc) is 3.14. The van der Waals surface area contributed by atoms with Gasteiger partial charge in [0, 0.05) is 37.4 Å². The molecule has 1 aromatic carbocycles. The van der Waals surface area contributed by atoms with Crippen molar-refractivity contribution in [3.05, 3.63) is 53.4 Å². The quantitative estimate of drug-likeness (QED) is 0.265. The highest BCUT2D eigenvalue weighted by molar-refractivity contribution is 14.0. The summed E-state index contributed by atoms with van der Waals surface area (Å²) in [5, 5.41) is 7.27. The van der Waals surface area contributed by atoms with Gasteiger partial charge in [-0.1, -0.05) is 11.6 Å². The lowest BCUT2D eigenvalue weighted by Crippen LogP contribution is -2.45. The Morgan fingerprint density at radius 3 is 2.86 bits per heavy atom. The molecule has 1 unspecified atom stereocenters. The number of ether oxygens (including phenoxy) is 1. The monoisotopic (exact) mass is 519 g/mol. The van der Waals surface area contributed by atoms with Crippen LogP contribution in [0.3, 0.4) is 0 Å². The summed E-state index contributed by atoms with van der Waals surface area (Å²) in [5.41, 5.74) is 0. The minimum Gasteiger partial charge on any atom is -0.492 e. The van der Waals surface area contributed by atoms with Crippen LogP contribution in [0.5, 0.6) is 5.75 Å². The van der Waals surface area contributed by atoms with Crippen LogP contribution in [0.15, 0.2) is 47.6 Å². The van der Waals surface area contributed by atoms with Crippen LogP contribution in [-0.4, -0.2) is 50.3 Å². The summed E-state index contributed by atoms with van der Waals surface area (Å²) in [6.07, 6.45) is 2.50. The smallest absolute Gasteiger partial charge is 0.191 e. The largest absolute Gasteiger partial charge is 0.492 e. The highest BCUT2D eigenvalue weighted by Gasteiger charge is 2.25. The molecular formula is C19H24ClFIN5O. The van der Waals surface area contributed by atoms with E-state index in [2.05, 4.69) is 20.6 Å². The number of aliphatic imine (C=N–C) groups is 1. The van der Waals surface area contributed by atoms with Gasteiger partial charge in [-0.25, -0.2) is 9.37 Å². The molecule has 28 heavy (non-hydrogen) atoms. The maximum atomic E-state index is 13.9. The molecule has 1 saturated heterocycles. The molecule has 1 aliphatic rings. The zero-order valence-electron chi connectivity index (χ0n) is 15.6. The topological polar surface area (TPSA) is 61.8 Å². The summed E-state index contributed by atoms with van der Waals surface area (Å²) < 4.78 is 19.5. The second-order valence-electron chi connectivity index (χ2n) is 6.19. The van der Waals surface area contributed by atoms with Crippen molar-refractivity contribution in [3.8, 4) is 5.75 Å². The molecule has 3 rings (SSSR count). The maximum absolute atomic E-state index is 13.9. The molecule has 2 aromatic rings. The van der Waals surface area contributed by atoms with E-state index >= 15 is 0 Å². The van der Waals surface area contributed by atoms with Gasteiger partial charge in [0.15, 0.2) is 17.6 Å². The highest BCUT2D eigenvalue weighted by Crippen LogP contribution is 2.20. The van der Waals surface area contributed by atoms with E-state index in [9.17, 15) is 4.39 Å². The molecule has 0 aliphatic carbocycles. The number of pyridine rings is 1. The van der Waals surface area contributed by atoms with E-state index in [1.165, 1.54) is 6.07 Å². The number of halogens is 3. The molecule has 1 atom stereocenters. The summed E-state index contributed by atoms with van der Waals surface area (Å²) in [6.45, 7) is 2.53. The predicted molar refractivity (Wildman–Crippen MR) is 122 cm³/mol. The van der Waals surface area contributed by atoms with Crippen molar-refractivity contribution in [2.75, 3.05) is 38.2 Å². The zero-order chi connectivity index (χ0) is 19.1. The highest BCUT2D eigenvalue weighted by atomic mass is 127. The normalized spacial score (nSPS) is 16.5. The molecule has 2 heterocycles. The van der Waals surface area contributed by atoms with E-state index in [0.717, 1.165) is 18.7 Å². The number of guanidine groups is 1. The Bertz CT molecular complexity index is 777. The van der Waals surface area contributed by atoms with Crippen molar-refractivity contribution in [2.45, 2.75) is 12.5 Å². The van der Waals surface area contributed by atoms with Crippen molar-refractivity contribution in [1.29, 1.82) is 0 Å². The molecule has 2 N–H and O–H groups in total. The van der Waals surface area contributed by atoms with Gasteiger partial charge >= 0.3 is 0 Å². The molecule has 0 amide bonds. The van der Waals surface area contributed by atoms with Crippen molar-refractivity contribution in [2.24, 2.45) is 4.99 Å². The molecule has 152 valence electrons. The van der Waals surface area contributed by atoms with Crippen molar-refractivity contribution >= 4 is 47.4 Å². The van der Waals surface area contributed by atoms with E-state index in [1.807, 2.05) is 17.0 Å². The van der Waals surface area contributed by atoms with Gasteiger partial charge in [-0.3, -0.25) is 4.99 Å². The van der Waals surface area contributed by atoms with Gasteiger partial charge in [0.1, 0.15) is 12.4 Å². The molecular weight excluding hydrogens is 496 g/mol. The van der Waals surface area contributed by atoms with E-state index in [4.69, 9.17) is 16.3 Å². The van der Waals surface area contributed by atoms with Crippen molar-refractivity contribution < 1.29 is 9.13 Å². The third kappa shape index (κ3) is 6.37. The molecule has 1 aliphatic heterocycles. The molecule has 1 fully saturated rings. The first-order valence-corrected chi connectivity index (χ1v) is 9.24. The summed E-state index contributed by atoms with van der Waals surface area (Å²) in [5.74, 6) is 1.58. The summed E-state index contributed by atoms with van der Waals surface area (Å²) in [6, 6.07) is 10.5. The Kier molecular flexibility index (Phi) is 9.04. The molecule has 0 saturated carbocycles. The van der Waals surface area contributed by atoms with Crippen LogP contribution in [0, 0.1) is 5.82 Å². The Hall–Kier alpha value is -1.81. The van der Waals surface area contributed by atoms with Gasteiger partial charge in [-0.2, -0.15) is 0 Å². The van der Waals surface area contributed by atoms with Gasteiger partial charge in [-0.05, 0) is 42.8 Å². The Morgan fingerprint density at radius 2 is 2.14 bits per heavy atom. The number of hydrogen-bond donors (Lipinski definition) is 2. The maximum Gasteiger partial charge on any atom is 0.191 e. The molecule has 6 nitrogen and oxygen atoms in total. The second kappa shape index (κ2) is 11.3. The van der Waals surface area contributed by atoms with Crippen molar-refractivity contribution in [1.82, 2.24) is 15.6 Å². The van der Waals surface area contributed by atoms with Gasteiger partial charge in [0.05, 0.1) is 6.54 Å². The van der Waals surface area contributed by atoms with E-state index in [-0.39, 0.29) is 35.8 Å². The van der Waals surface area contributed by atoms with Crippen molar-refractivity contribution in [3.63, 3.8) is 0 Å². The van der Waals surface area contributed by atoms with E-state index < -0.39 is 0 Å². The first kappa shape index (κ1) is 22.5. The average molecular weight is 520 g/mol. The number of aromatic nitrogens is 1. The third-order valence-electron chi connectivity index (χ3n) is 4.27. The first-order valence-electron chi connectivity index (χ1n) is 8.86. The van der Waals surface area contributed by atoms with Crippen LogP contribution < -0.4 is 20.3 Å². The Balaban J connectivity index is 0.00000280. The van der Waals surface area contributed by atoms with Gasteiger partial charge in [0.25, 0.3) is 0 Å². The van der Waals surface area contributed by atoms with Crippen LogP contribution >= 0.6 is 35.6 Å². The van der Waals surface area contributed by atoms with Crippen LogP contribution in [0.1, 0.15) is 6.42 Å². The van der Waals surface area contributed by atoms with Gasteiger partial charge in [-0.15, -0.1) is 24.0 Å². The second-order valence-corrected chi connectivity index (χ2v) is 6.62. The molecule has 1 aromatic heterocycles. The molecule has 0 spiro atoms. The fourth-order valence-corrected chi connectivity index (χ4v) is 3.06. The number of nitrogens with one attached hydrogen (secondary N) is 2.